The van der Waals surface area contributed by atoms with Crippen molar-refractivity contribution in [3.63, 3.8) is 0 Å². The van der Waals surface area contributed by atoms with E-state index < -0.39 is 11.6 Å². The van der Waals surface area contributed by atoms with Crippen molar-refractivity contribution in [3.8, 4) is 11.3 Å². The molecular formula is C9H5F2N3S. The SMILES string of the molecule is Fc1cnccc1-c1[nH]c(=S)ncc1F. The predicted molar refractivity (Wildman–Crippen MR) is 52.6 cm³/mol. The van der Waals surface area contributed by atoms with Gasteiger partial charge in [-0.1, -0.05) is 0 Å². The van der Waals surface area contributed by atoms with Gasteiger partial charge in [0.1, 0.15) is 0 Å². The van der Waals surface area contributed by atoms with Crippen LogP contribution in [0.2, 0.25) is 0 Å². The highest BCUT2D eigenvalue weighted by Crippen LogP contribution is 2.21. The van der Waals surface area contributed by atoms with E-state index in [1.807, 2.05) is 0 Å². The number of aromatic nitrogens is 3. The molecule has 0 aliphatic heterocycles. The van der Waals surface area contributed by atoms with Crippen LogP contribution in [-0.2, 0) is 0 Å². The molecule has 0 aliphatic rings. The fraction of sp³-hybridized carbons (Fsp3) is 0. The van der Waals surface area contributed by atoms with E-state index >= 15 is 0 Å². The van der Waals surface area contributed by atoms with E-state index in [4.69, 9.17) is 12.2 Å². The molecule has 0 atom stereocenters. The monoisotopic (exact) mass is 225 g/mol. The van der Waals surface area contributed by atoms with E-state index in [-0.39, 0.29) is 16.0 Å². The van der Waals surface area contributed by atoms with Gasteiger partial charge in [0, 0.05) is 11.8 Å². The van der Waals surface area contributed by atoms with Crippen LogP contribution in [0.5, 0.6) is 0 Å². The molecule has 0 fully saturated rings. The highest BCUT2D eigenvalue weighted by molar-refractivity contribution is 7.71. The van der Waals surface area contributed by atoms with Gasteiger partial charge in [0.2, 0.25) is 0 Å². The Balaban J connectivity index is 2.69. The summed E-state index contributed by atoms with van der Waals surface area (Å²) in [6.07, 6.45) is 3.33. The molecule has 76 valence electrons. The number of rotatable bonds is 1. The lowest BCUT2D eigenvalue weighted by Crippen LogP contribution is -1.95. The third-order valence-electron chi connectivity index (χ3n) is 1.81. The molecule has 15 heavy (non-hydrogen) atoms. The van der Waals surface area contributed by atoms with Gasteiger partial charge in [-0.25, -0.2) is 13.8 Å². The van der Waals surface area contributed by atoms with Gasteiger partial charge in [-0.3, -0.25) is 4.98 Å². The maximum atomic E-state index is 13.3. The molecule has 0 amide bonds. The van der Waals surface area contributed by atoms with Gasteiger partial charge >= 0.3 is 0 Å². The maximum Gasteiger partial charge on any atom is 0.197 e. The minimum absolute atomic E-state index is 0.0186. The lowest BCUT2D eigenvalue weighted by Gasteiger charge is -2.03. The Morgan fingerprint density at radius 1 is 1.20 bits per heavy atom. The number of nitrogens with one attached hydrogen (secondary N) is 1. The first-order valence-corrected chi connectivity index (χ1v) is 4.44. The molecule has 2 heterocycles. The van der Waals surface area contributed by atoms with Crippen LogP contribution in [0, 0.1) is 16.4 Å². The molecule has 0 bridgehead atoms. The van der Waals surface area contributed by atoms with Crippen molar-refractivity contribution < 1.29 is 8.78 Å². The van der Waals surface area contributed by atoms with Crippen molar-refractivity contribution >= 4 is 12.2 Å². The summed E-state index contributed by atoms with van der Waals surface area (Å²) in [7, 11) is 0. The molecule has 0 aliphatic carbocycles. The fourth-order valence-electron chi connectivity index (χ4n) is 1.15. The summed E-state index contributed by atoms with van der Waals surface area (Å²) in [5.74, 6) is -1.28. The average Bonchev–Trinajstić information content (AvgIpc) is 2.23. The fourth-order valence-corrected chi connectivity index (χ4v) is 1.31. The Morgan fingerprint density at radius 3 is 2.73 bits per heavy atom. The first kappa shape index (κ1) is 9.85. The number of hydrogen-bond acceptors (Lipinski definition) is 3. The molecule has 2 aromatic heterocycles. The molecule has 0 saturated carbocycles. The van der Waals surface area contributed by atoms with Crippen molar-refractivity contribution in [1.82, 2.24) is 15.0 Å². The standard InChI is InChI=1S/C9H5F2N3S/c10-6-3-12-2-1-5(6)8-7(11)4-13-9(15)14-8/h1-4H,(H,13,14,15). The minimum atomic E-state index is -0.659. The highest BCUT2D eigenvalue weighted by atomic mass is 32.1. The van der Waals surface area contributed by atoms with Crippen molar-refractivity contribution in [2.24, 2.45) is 0 Å². The zero-order valence-electron chi connectivity index (χ0n) is 7.37. The summed E-state index contributed by atoms with van der Waals surface area (Å²) >= 11 is 4.73. The quantitative estimate of drug-likeness (QED) is 0.758. The maximum absolute atomic E-state index is 13.3. The first-order valence-electron chi connectivity index (χ1n) is 4.03. The topological polar surface area (TPSA) is 41.6 Å². The number of aromatic amines is 1. The Kier molecular flexibility index (Phi) is 2.51. The third kappa shape index (κ3) is 1.89. The zero-order chi connectivity index (χ0) is 10.8. The Hall–Kier alpha value is -1.69. The molecule has 0 saturated heterocycles. The number of nitrogens with zero attached hydrogens (tertiary/aromatic N) is 2. The van der Waals surface area contributed by atoms with Gasteiger partial charge in [-0.15, -0.1) is 0 Å². The summed E-state index contributed by atoms with van der Waals surface area (Å²) in [6.45, 7) is 0. The molecule has 2 aromatic rings. The van der Waals surface area contributed by atoms with Gasteiger partial charge in [-0.05, 0) is 18.3 Å². The van der Waals surface area contributed by atoms with E-state index in [1.54, 1.807) is 0 Å². The third-order valence-corrected chi connectivity index (χ3v) is 2.02. The van der Waals surface area contributed by atoms with Crippen molar-refractivity contribution in [2.75, 3.05) is 0 Å². The van der Waals surface area contributed by atoms with Crippen molar-refractivity contribution in [1.29, 1.82) is 0 Å². The van der Waals surface area contributed by atoms with E-state index in [2.05, 4.69) is 15.0 Å². The smallest absolute Gasteiger partial charge is 0.197 e. The largest absolute Gasteiger partial charge is 0.328 e. The summed E-state index contributed by atoms with van der Waals surface area (Å²) in [4.78, 5) is 9.60. The lowest BCUT2D eigenvalue weighted by molar-refractivity contribution is 0.603. The zero-order valence-corrected chi connectivity index (χ0v) is 8.18. The second-order valence-corrected chi connectivity index (χ2v) is 3.15. The van der Waals surface area contributed by atoms with E-state index in [9.17, 15) is 8.78 Å². The Bertz CT molecular complexity index is 553. The summed E-state index contributed by atoms with van der Waals surface area (Å²) in [6, 6.07) is 1.36. The molecule has 1 N–H and O–H groups in total. The van der Waals surface area contributed by atoms with E-state index in [0.29, 0.717) is 0 Å². The molecule has 2 rings (SSSR count). The summed E-state index contributed by atoms with van der Waals surface area (Å²) in [5, 5.41) is 0. The van der Waals surface area contributed by atoms with Crippen molar-refractivity contribution in [2.45, 2.75) is 0 Å². The van der Waals surface area contributed by atoms with Gasteiger partial charge in [0.15, 0.2) is 16.4 Å². The summed E-state index contributed by atoms with van der Waals surface area (Å²) < 4.78 is 26.7. The van der Waals surface area contributed by atoms with E-state index in [0.717, 1.165) is 12.4 Å². The van der Waals surface area contributed by atoms with Crippen LogP contribution in [0.3, 0.4) is 0 Å². The predicted octanol–water partition coefficient (Wildman–Crippen LogP) is 2.48. The molecule has 6 heteroatoms. The molecule has 0 radical (unpaired) electrons. The average molecular weight is 225 g/mol. The lowest BCUT2D eigenvalue weighted by atomic mass is 10.2. The van der Waals surface area contributed by atoms with Gasteiger partial charge < -0.3 is 4.98 Å². The van der Waals surface area contributed by atoms with Gasteiger partial charge in [-0.2, -0.15) is 0 Å². The molecule has 3 nitrogen and oxygen atoms in total. The van der Waals surface area contributed by atoms with Gasteiger partial charge in [0.25, 0.3) is 0 Å². The Labute approximate surface area is 88.8 Å². The molecule has 0 spiro atoms. The second kappa shape index (κ2) is 3.82. The summed E-state index contributed by atoms with van der Waals surface area (Å²) in [5.41, 5.74) is 0.0610. The highest BCUT2D eigenvalue weighted by Gasteiger charge is 2.10. The Morgan fingerprint density at radius 2 is 2.00 bits per heavy atom. The van der Waals surface area contributed by atoms with Gasteiger partial charge in [0.05, 0.1) is 18.1 Å². The number of hydrogen-bond donors (Lipinski definition) is 1. The van der Waals surface area contributed by atoms with E-state index in [1.165, 1.54) is 12.3 Å². The molecule has 0 aromatic carbocycles. The first-order chi connectivity index (χ1) is 7.18. The normalized spacial score (nSPS) is 10.3. The van der Waals surface area contributed by atoms with Crippen LogP contribution in [0.4, 0.5) is 8.78 Å². The number of H-pyrrole nitrogens is 1. The molecule has 0 unspecified atom stereocenters. The number of halogens is 2. The van der Waals surface area contributed by atoms with Crippen LogP contribution < -0.4 is 0 Å². The van der Waals surface area contributed by atoms with Crippen LogP contribution in [0.15, 0.2) is 24.7 Å². The van der Waals surface area contributed by atoms with Crippen LogP contribution in [0.1, 0.15) is 0 Å². The number of pyridine rings is 1. The van der Waals surface area contributed by atoms with Crippen molar-refractivity contribution in [3.05, 3.63) is 41.1 Å². The molecular weight excluding hydrogens is 220 g/mol. The van der Waals surface area contributed by atoms with Crippen LogP contribution >= 0.6 is 12.2 Å². The van der Waals surface area contributed by atoms with Crippen LogP contribution in [-0.4, -0.2) is 15.0 Å². The van der Waals surface area contributed by atoms with Crippen LogP contribution in [0.25, 0.3) is 11.3 Å². The minimum Gasteiger partial charge on any atom is -0.328 e. The second-order valence-electron chi connectivity index (χ2n) is 2.77.